The lowest BCUT2D eigenvalue weighted by atomic mass is 9.78. The SMILES string of the molecule is Cc1ccc(-c2[nH]nc3c2C(c2ccccc2OCc2ccc(Cl)cc2)C(C#N)C(=N)O3)cc1C. The van der Waals surface area contributed by atoms with E-state index in [1.54, 1.807) is 0 Å². The van der Waals surface area contributed by atoms with Crippen molar-refractivity contribution in [3.63, 3.8) is 0 Å². The van der Waals surface area contributed by atoms with Crippen LogP contribution in [-0.4, -0.2) is 16.1 Å². The van der Waals surface area contributed by atoms with Crippen LogP contribution in [0.3, 0.4) is 0 Å². The molecule has 4 aromatic rings. The third-order valence-electron chi connectivity index (χ3n) is 6.40. The Kier molecular flexibility index (Phi) is 6.02. The molecule has 0 aliphatic carbocycles. The van der Waals surface area contributed by atoms with E-state index in [0.29, 0.717) is 23.3 Å². The number of hydrogen-bond donors (Lipinski definition) is 2. The van der Waals surface area contributed by atoms with Gasteiger partial charge in [-0.15, -0.1) is 5.10 Å². The molecule has 0 amide bonds. The van der Waals surface area contributed by atoms with Gasteiger partial charge in [-0.1, -0.05) is 54.1 Å². The summed E-state index contributed by atoms with van der Waals surface area (Å²) in [6.45, 7) is 4.46. The van der Waals surface area contributed by atoms with Gasteiger partial charge >= 0.3 is 0 Å². The minimum absolute atomic E-state index is 0.129. The number of aromatic nitrogens is 2. The van der Waals surface area contributed by atoms with E-state index >= 15 is 0 Å². The maximum atomic E-state index is 10.1. The number of fused-ring (bicyclic) bond motifs is 1. The van der Waals surface area contributed by atoms with Crippen LogP contribution in [0, 0.1) is 36.5 Å². The van der Waals surface area contributed by atoms with Crippen molar-refractivity contribution in [1.29, 1.82) is 10.7 Å². The monoisotopic (exact) mass is 482 g/mol. The summed E-state index contributed by atoms with van der Waals surface area (Å²) in [6, 6.07) is 23.6. The number of nitrogens with zero attached hydrogens (tertiary/aromatic N) is 2. The quantitative estimate of drug-likeness (QED) is 0.336. The predicted octanol–water partition coefficient (Wildman–Crippen LogP) is 6.57. The number of ether oxygens (including phenoxy) is 2. The first-order valence-corrected chi connectivity index (χ1v) is 11.6. The summed E-state index contributed by atoms with van der Waals surface area (Å²) in [5.41, 5.74) is 6.57. The number of rotatable bonds is 5. The zero-order chi connectivity index (χ0) is 24.5. The lowest BCUT2D eigenvalue weighted by molar-refractivity contribution is 0.300. The van der Waals surface area contributed by atoms with Gasteiger partial charge in [0.1, 0.15) is 18.3 Å². The molecule has 6 nitrogen and oxygen atoms in total. The first-order valence-electron chi connectivity index (χ1n) is 11.2. The first-order chi connectivity index (χ1) is 17.0. The Balaban J connectivity index is 1.60. The number of para-hydroxylation sites is 1. The highest BCUT2D eigenvalue weighted by Crippen LogP contribution is 2.48. The lowest BCUT2D eigenvalue weighted by Gasteiger charge is -2.29. The molecule has 0 saturated carbocycles. The van der Waals surface area contributed by atoms with Gasteiger partial charge in [0.05, 0.1) is 17.3 Å². The summed E-state index contributed by atoms with van der Waals surface area (Å²) in [6.07, 6.45) is 0. The fraction of sp³-hybridized carbons (Fsp3) is 0.179. The number of nitriles is 1. The lowest BCUT2D eigenvalue weighted by Crippen LogP contribution is -2.31. The zero-order valence-electron chi connectivity index (χ0n) is 19.3. The topological polar surface area (TPSA) is 94.8 Å². The number of aromatic amines is 1. The summed E-state index contributed by atoms with van der Waals surface area (Å²) in [4.78, 5) is 0. The Morgan fingerprint density at radius 2 is 1.86 bits per heavy atom. The molecule has 174 valence electrons. The summed E-state index contributed by atoms with van der Waals surface area (Å²) in [7, 11) is 0. The first kappa shape index (κ1) is 22.7. The molecule has 2 unspecified atom stereocenters. The van der Waals surface area contributed by atoms with Crippen LogP contribution in [0.15, 0.2) is 66.7 Å². The molecule has 7 heteroatoms. The highest BCUT2D eigenvalue weighted by Gasteiger charge is 2.42. The van der Waals surface area contributed by atoms with E-state index in [1.165, 1.54) is 5.56 Å². The summed E-state index contributed by atoms with van der Waals surface area (Å²) < 4.78 is 11.9. The second-order valence-electron chi connectivity index (χ2n) is 8.62. The molecule has 2 N–H and O–H groups in total. The average Bonchev–Trinajstić information content (AvgIpc) is 3.28. The van der Waals surface area contributed by atoms with Crippen LogP contribution in [0.25, 0.3) is 11.3 Å². The van der Waals surface area contributed by atoms with Crippen LogP contribution >= 0.6 is 11.6 Å². The molecule has 35 heavy (non-hydrogen) atoms. The number of H-pyrrole nitrogens is 1. The van der Waals surface area contributed by atoms with Gasteiger partial charge in [-0.25, -0.2) is 0 Å². The smallest absolute Gasteiger partial charge is 0.244 e. The molecule has 0 spiro atoms. The molecule has 0 bridgehead atoms. The molecule has 3 aromatic carbocycles. The second kappa shape index (κ2) is 9.28. The maximum absolute atomic E-state index is 10.1. The maximum Gasteiger partial charge on any atom is 0.244 e. The van der Waals surface area contributed by atoms with Gasteiger partial charge in [-0.05, 0) is 54.8 Å². The number of halogens is 1. The average molecular weight is 483 g/mol. The van der Waals surface area contributed by atoms with Crippen molar-refractivity contribution in [2.45, 2.75) is 26.4 Å². The van der Waals surface area contributed by atoms with E-state index in [2.05, 4.69) is 42.2 Å². The number of hydrogen-bond acceptors (Lipinski definition) is 5. The van der Waals surface area contributed by atoms with E-state index in [1.807, 2.05) is 54.6 Å². The van der Waals surface area contributed by atoms with Crippen LogP contribution in [0.4, 0.5) is 0 Å². The Morgan fingerprint density at radius 1 is 1.09 bits per heavy atom. The summed E-state index contributed by atoms with van der Waals surface area (Å²) in [5.74, 6) is -0.498. The van der Waals surface area contributed by atoms with Crippen molar-refractivity contribution in [2.24, 2.45) is 5.92 Å². The van der Waals surface area contributed by atoms with E-state index in [-0.39, 0.29) is 5.90 Å². The molecule has 1 aromatic heterocycles. The van der Waals surface area contributed by atoms with Gasteiger partial charge in [-0.3, -0.25) is 10.5 Å². The third-order valence-corrected chi connectivity index (χ3v) is 6.65. The van der Waals surface area contributed by atoms with Crippen LogP contribution in [0.5, 0.6) is 11.6 Å². The van der Waals surface area contributed by atoms with Crippen LogP contribution in [0.2, 0.25) is 5.02 Å². The van der Waals surface area contributed by atoms with Crippen molar-refractivity contribution in [1.82, 2.24) is 10.2 Å². The number of benzene rings is 3. The second-order valence-corrected chi connectivity index (χ2v) is 9.06. The normalized spacial score (nSPS) is 16.8. The van der Waals surface area contributed by atoms with E-state index in [9.17, 15) is 5.26 Å². The molecule has 0 radical (unpaired) electrons. The van der Waals surface area contributed by atoms with Crippen molar-refractivity contribution in [3.8, 4) is 29.0 Å². The fourth-order valence-electron chi connectivity index (χ4n) is 4.38. The fourth-order valence-corrected chi connectivity index (χ4v) is 4.51. The van der Waals surface area contributed by atoms with Crippen molar-refractivity contribution in [3.05, 3.63) is 99.6 Å². The van der Waals surface area contributed by atoms with Crippen LogP contribution < -0.4 is 9.47 Å². The molecule has 0 saturated heterocycles. The zero-order valence-corrected chi connectivity index (χ0v) is 20.1. The Hall–Kier alpha value is -4.08. The minimum Gasteiger partial charge on any atom is -0.489 e. The van der Waals surface area contributed by atoms with Gasteiger partial charge in [0, 0.05) is 22.1 Å². The molecular formula is C28H23ClN4O2. The van der Waals surface area contributed by atoms with Gasteiger partial charge in [0.15, 0.2) is 0 Å². The molecule has 1 aliphatic rings. The highest BCUT2D eigenvalue weighted by molar-refractivity contribution is 6.30. The van der Waals surface area contributed by atoms with Gasteiger partial charge < -0.3 is 9.47 Å². The van der Waals surface area contributed by atoms with Crippen LogP contribution in [0.1, 0.15) is 33.7 Å². The summed E-state index contributed by atoms with van der Waals surface area (Å²) in [5, 5.41) is 26.6. The third kappa shape index (κ3) is 4.27. The Morgan fingerprint density at radius 3 is 2.60 bits per heavy atom. The highest BCUT2D eigenvalue weighted by atomic mass is 35.5. The largest absolute Gasteiger partial charge is 0.489 e. The number of nitrogens with one attached hydrogen (secondary N) is 2. The predicted molar refractivity (Wildman–Crippen MR) is 135 cm³/mol. The standard InChI is InChI=1S/C28H23ClN4O2/c1-16-7-10-19(13-17(16)2)26-25-24(22(14-30)27(31)35-28(25)33-32-26)21-5-3-4-6-23(21)34-15-18-8-11-20(29)12-9-18/h3-13,22,24,31H,15H2,1-2H3,(H,32,33). The van der Waals surface area contributed by atoms with Crippen molar-refractivity contribution in [2.75, 3.05) is 0 Å². The van der Waals surface area contributed by atoms with E-state index in [4.69, 9.17) is 26.5 Å². The molecule has 0 fully saturated rings. The van der Waals surface area contributed by atoms with Crippen molar-refractivity contribution < 1.29 is 9.47 Å². The minimum atomic E-state index is -0.828. The Labute approximate surface area is 208 Å². The van der Waals surface area contributed by atoms with Gasteiger partial charge in [0.25, 0.3) is 0 Å². The molecule has 5 rings (SSSR count). The van der Waals surface area contributed by atoms with Crippen molar-refractivity contribution >= 4 is 17.5 Å². The van der Waals surface area contributed by atoms with E-state index < -0.39 is 11.8 Å². The molecule has 2 heterocycles. The molecule has 2 atom stereocenters. The van der Waals surface area contributed by atoms with Gasteiger partial charge in [-0.2, -0.15) is 5.26 Å². The molecule has 1 aliphatic heterocycles. The van der Waals surface area contributed by atoms with Crippen LogP contribution in [-0.2, 0) is 6.61 Å². The number of aryl methyl sites for hydroxylation is 2. The Bertz CT molecular complexity index is 1450. The summed E-state index contributed by atoms with van der Waals surface area (Å²) >= 11 is 6.01. The van der Waals surface area contributed by atoms with Gasteiger partial charge in [0.2, 0.25) is 11.8 Å². The van der Waals surface area contributed by atoms with E-state index in [0.717, 1.165) is 33.5 Å². The molecular weight excluding hydrogens is 460 g/mol.